The molecule has 0 atom stereocenters. The van der Waals surface area contributed by atoms with Gasteiger partial charge in [-0.15, -0.1) is 0 Å². The van der Waals surface area contributed by atoms with Gasteiger partial charge in [0.15, 0.2) is 0 Å². The zero-order valence-corrected chi connectivity index (χ0v) is 7.90. The summed E-state index contributed by atoms with van der Waals surface area (Å²) in [6.07, 6.45) is -3.51. The first-order chi connectivity index (χ1) is 6.39. The molecule has 0 saturated carbocycles. The molecule has 1 rings (SSSR count). The van der Waals surface area contributed by atoms with Gasteiger partial charge in [-0.2, -0.15) is 13.2 Å². The van der Waals surface area contributed by atoms with Crippen LogP contribution in [0.3, 0.4) is 0 Å². The highest BCUT2D eigenvalue weighted by molar-refractivity contribution is 5.73. The summed E-state index contributed by atoms with van der Waals surface area (Å²) in [5.74, 6) is -0.185. The molecule has 82 valence electrons. The number of carbonyl (C=O) groups is 1. The lowest BCUT2D eigenvalue weighted by molar-refractivity contribution is -0.250. The number of hydrogen-bond donors (Lipinski definition) is 1. The first kappa shape index (κ1) is 11.3. The van der Waals surface area contributed by atoms with E-state index in [4.69, 9.17) is 0 Å². The van der Waals surface area contributed by atoms with E-state index in [0.717, 1.165) is 0 Å². The molecule has 14 heavy (non-hydrogen) atoms. The number of nitrogens with zero attached hydrogens (tertiary/aromatic N) is 1. The van der Waals surface area contributed by atoms with Crippen molar-refractivity contribution >= 4 is 5.91 Å². The van der Waals surface area contributed by atoms with Crippen molar-refractivity contribution in [2.24, 2.45) is 0 Å². The molecule has 1 N–H and O–H groups in total. The Balaban J connectivity index is 2.35. The van der Waals surface area contributed by atoms with Crippen molar-refractivity contribution in [3.63, 3.8) is 0 Å². The Hall–Kier alpha value is -0.780. The van der Waals surface area contributed by atoms with Crippen LogP contribution >= 0.6 is 0 Å². The third kappa shape index (κ3) is 3.17. The second kappa shape index (κ2) is 4.16. The Morgan fingerprint density at radius 2 is 1.86 bits per heavy atom. The minimum absolute atomic E-state index is 0.0333. The highest BCUT2D eigenvalue weighted by atomic mass is 19.4. The second-order valence-electron chi connectivity index (χ2n) is 3.43. The van der Waals surface area contributed by atoms with Gasteiger partial charge in [-0.05, 0) is 12.8 Å². The SMILES string of the molecule is CC(=O)NC1CCN(C(F)(F)F)CC1. The molecule has 1 amide bonds. The van der Waals surface area contributed by atoms with Gasteiger partial charge in [0.25, 0.3) is 0 Å². The molecule has 0 aromatic rings. The van der Waals surface area contributed by atoms with Gasteiger partial charge in [-0.1, -0.05) is 0 Å². The fourth-order valence-electron chi connectivity index (χ4n) is 1.56. The van der Waals surface area contributed by atoms with E-state index in [1.165, 1.54) is 6.92 Å². The summed E-state index contributed by atoms with van der Waals surface area (Å²) >= 11 is 0. The van der Waals surface area contributed by atoms with Crippen molar-refractivity contribution in [3.8, 4) is 0 Å². The van der Waals surface area contributed by atoms with Crippen LogP contribution in [0.2, 0.25) is 0 Å². The lowest BCUT2D eigenvalue weighted by atomic mass is 10.1. The number of piperidine rings is 1. The Bertz CT molecular complexity index is 209. The van der Waals surface area contributed by atoms with Gasteiger partial charge in [0.1, 0.15) is 0 Å². The number of amides is 1. The van der Waals surface area contributed by atoms with Gasteiger partial charge in [0.2, 0.25) is 5.91 Å². The number of hydrogen-bond acceptors (Lipinski definition) is 2. The minimum Gasteiger partial charge on any atom is -0.354 e. The molecule has 0 aromatic carbocycles. The molecule has 0 aliphatic carbocycles. The van der Waals surface area contributed by atoms with Crippen LogP contribution in [0, 0.1) is 0 Å². The number of halogens is 3. The highest BCUT2D eigenvalue weighted by Gasteiger charge is 2.39. The maximum Gasteiger partial charge on any atom is 0.459 e. The Morgan fingerprint density at radius 1 is 1.36 bits per heavy atom. The molecule has 0 unspecified atom stereocenters. The van der Waals surface area contributed by atoms with Gasteiger partial charge in [-0.25, -0.2) is 4.90 Å². The van der Waals surface area contributed by atoms with Gasteiger partial charge < -0.3 is 5.32 Å². The van der Waals surface area contributed by atoms with E-state index >= 15 is 0 Å². The van der Waals surface area contributed by atoms with Gasteiger partial charge in [0, 0.05) is 26.1 Å². The van der Waals surface area contributed by atoms with Crippen LogP contribution in [0.15, 0.2) is 0 Å². The van der Waals surface area contributed by atoms with Gasteiger partial charge >= 0.3 is 6.30 Å². The van der Waals surface area contributed by atoms with Gasteiger partial charge in [-0.3, -0.25) is 4.79 Å². The summed E-state index contributed by atoms with van der Waals surface area (Å²) in [4.78, 5) is 11.1. The van der Waals surface area contributed by atoms with E-state index in [0.29, 0.717) is 17.7 Å². The summed E-state index contributed by atoms with van der Waals surface area (Å²) in [7, 11) is 0. The number of nitrogens with one attached hydrogen (secondary N) is 1. The first-order valence-electron chi connectivity index (χ1n) is 4.48. The fourth-order valence-corrected chi connectivity index (χ4v) is 1.56. The number of carbonyl (C=O) groups excluding carboxylic acids is 1. The molecule has 1 heterocycles. The number of rotatable bonds is 1. The van der Waals surface area contributed by atoms with E-state index < -0.39 is 6.30 Å². The third-order valence-electron chi connectivity index (χ3n) is 2.26. The van der Waals surface area contributed by atoms with E-state index in [2.05, 4.69) is 5.32 Å². The summed E-state index contributed by atoms with van der Waals surface area (Å²) in [6, 6.07) is -0.105. The summed E-state index contributed by atoms with van der Waals surface area (Å²) in [6.45, 7) is 1.30. The quantitative estimate of drug-likeness (QED) is 0.657. The standard InChI is InChI=1S/C8H13F3N2O/c1-6(14)12-7-2-4-13(5-3-7)8(9,10)11/h7H,2-5H2,1H3,(H,12,14). The van der Waals surface area contributed by atoms with E-state index in [1.807, 2.05) is 0 Å². The number of likely N-dealkylation sites (tertiary alicyclic amines) is 1. The summed E-state index contributed by atoms with van der Waals surface area (Å²) in [5.41, 5.74) is 0. The maximum atomic E-state index is 12.2. The number of alkyl halides is 3. The third-order valence-corrected chi connectivity index (χ3v) is 2.26. The van der Waals surface area contributed by atoms with Crippen molar-refractivity contribution in [2.75, 3.05) is 13.1 Å². The van der Waals surface area contributed by atoms with Crippen LogP contribution in [0.1, 0.15) is 19.8 Å². The fraction of sp³-hybridized carbons (Fsp3) is 0.875. The molecule has 0 bridgehead atoms. The predicted molar refractivity (Wildman–Crippen MR) is 44.5 cm³/mol. The Labute approximate surface area is 80.3 Å². The molecule has 0 radical (unpaired) electrons. The van der Waals surface area contributed by atoms with Crippen molar-refractivity contribution in [2.45, 2.75) is 32.1 Å². The molecule has 0 aromatic heterocycles. The monoisotopic (exact) mass is 210 g/mol. The maximum absolute atomic E-state index is 12.2. The van der Waals surface area contributed by atoms with Crippen LogP contribution in [0.25, 0.3) is 0 Å². The molecular formula is C8H13F3N2O. The van der Waals surface area contributed by atoms with Gasteiger partial charge in [0.05, 0.1) is 0 Å². The van der Waals surface area contributed by atoms with E-state index in [9.17, 15) is 18.0 Å². The topological polar surface area (TPSA) is 32.3 Å². The molecule has 1 aliphatic rings. The molecule has 1 saturated heterocycles. The summed E-state index contributed by atoms with van der Waals surface area (Å²) < 4.78 is 36.5. The Morgan fingerprint density at radius 3 is 2.21 bits per heavy atom. The normalized spacial score (nSPS) is 20.9. The molecule has 1 aliphatic heterocycles. The van der Waals surface area contributed by atoms with Crippen molar-refractivity contribution in [1.29, 1.82) is 0 Å². The second-order valence-corrected chi connectivity index (χ2v) is 3.43. The smallest absolute Gasteiger partial charge is 0.354 e. The van der Waals surface area contributed by atoms with Crippen LogP contribution < -0.4 is 5.32 Å². The van der Waals surface area contributed by atoms with Crippen LogP contribution in [0.5, 0.6) is 0 Å². The van der Waals surface area contributed by atoms with Crippen molar-refractivity contribution in [3.05, 3.63) is 0 Å². The summed E-state index contributed by atoms with van der Waals surface area (Å²) in [5, 5.41) is 2.62. The predicted octanol–water partition coefficient (Wildman–Crippen LogP) is 1.11. The first-order valence-corrected chi connectivity index (χ1v) is 4.48. The zero-order valence-electron chi connectivity index (χ0n) is 7.90. The lowest BCUT2D eigenvalue weighted by Gasteiger charge is -2.32. The van der Waals surface area contributed by atoms with Crippen molar-refractivity contribution < 1.29 is 18.0 Å². The Kier molecular flexibility index (Phi) is 3.36. The zero-order chi connectivity index (χ0) is 10.8. The molecular weight excluding hydrogens is 197 g/mol. The minimum atomic E-state index is -4.23. The largest absolute Gasteiger partial charge is 0.459 e. The molecule has 0 spiro atoms. The highest BCUT2D eigenvalue weighted by Crippen LogP contribution is 2.25. The average molecular weight is 210 g/mol. The van der Waals surface area contributed by atoms with E-state index in [-0.39, 0.29) is 25.0 Å². The van der Waals surface area contributed by atoms with Crippen LogP contribution in [0.4, 0.5) is 13.2 Å². The molecule has 1 fully saturated rings. The van der Waals surface area contributed by atoms with Crippen LogP contribution in [-0.4, -0.2) is 36.2 Å². The average Bonchev–Trinajstić information content (AvgIpc) is 2.02. The van der Waals surface area contributed by atoms with E-state index in [1.54, 1.807) is 0 Å². The van der Waals surface area contributed by atoms with Crippen molar-refractivity contribution in [1.82, 2.24) is 10.2 Å². The lowest BCUT2D eigenvalue weighted by Crippen LogP contribution is -2.49. The molecule has 3 nitrogen and oxygen atoms in total. The molecule has 6 heteroatoms. The van der Waals surface area contributed by atoms with Crippen LogP contribution in [-0.2, 0) is 4.79 Å².